The SMILES string of the molecule is CC(CNC(=O)c1cc2cc(N)ccc2o1)C(C)(C)C. The summed E-state index contributed by atoms with van der Waals surface area (Å²) in [5.74, 6) is 0.522. The van der Waals surface area contributed by atoms with E-state index in [0.29, 0.717) is 29.5 Å². The lowest BCUT2D eigenvalue weighted by molar-refractivity contribution is 0.0911. The van der Waals surface area contributed by atoms with Crippen LogP contribution in [0.15, 0.2) is 28.7 Å². The van der Waals surface area contributed by atoms with Gasteiger partial charge in [-0.2, -0.15) is 0 Å². The number of carbonyl (C=O) groups is 1. The van der Waals surface area contributed by atoms with Crippen LogP contribution in [0.2, 0.25) is 0 Å². The van der Waals surface area contributed by atoms with Gasteiger partial charge in [0.25, 0.3) is 5.91 Å². The van der Waals surface area contributed by atoms with E-state index in [-0.39, 0.29) is 11.3 Å². The Balaban J connectivity index is 2.08. The normalized spacial score (nSPS) is 13.4. The zero-order valence-corrected chi connectivity index (χ0v) is 12.5. The number of carbonyl (C=O) groups excluding carboxylic acids is 1. The lowest BCUT2D eigenvalue weighted by Gasteiger charge is -2.27. The predicted octanol–water partition coefficient (Wildman–Crippen LogP) is 3.43. The number of nitrogens with one attached hydrogen (secondary N) is 1. The molecule has 108 valence electrons. The first-order valence-electron chi connectivity index (χ1n) is 6.84. The molecule has 4 nitrogen and oxygen atoms in total. The maximum Gasteiger partial charge on any atom is 0.287 e. The predicted molar refractivity (Wildman–Crippen MR) is 81.6 cm³/mol. The second-order valence-corrected chi connectivity index (χ2v) is 6.39. The molecule has 0 bridgehead atoms. The fraction of sp³-hybridized carbons (Fsp3) is 0.438. The highest BCUT2D eigenvalue weighted by Crippen LogP contribution is 2.25. The van der Waals surface area contributed by atoms with Gasteiger partial charge in [0, 0.05) is 17.6 Å². The molecule has 0 saturated heterocycles. The Labute approximate surface area is 119 Å². The van der Waals surface area contributed by atoms with E-state index in [0.717, 1.165) is 5.39 Å². The molecular weight excluding hydrogens is 252 g/mol. The molecule has 1 amide bonds. The van der Waals surface area contributed by atoms with Crippen LogP contribution in [0.3, 0.4) is 0 Å². The zero-order valence-electron chi connectivity index (χ0n) is 12.5. The molecule has 1 aromatic heterocycles. The molecule has 1 aromatic carbocycles. The number of amides is 1. The van der Waals surface area contributed by atoms with Gasteiger partial charge in [-0.05, 0) is 35.6 Å². The van der Waals surface area contributed by atoms with Gasteiger partial charge in [-0.3, -0.25) is 4.79 Å². The van der Waals surface area contributed by atoms with Crippen molar-refractivity contribution in [2.45, 2.75) is 27.7 Å². The number of nitrogens with two attached hydrogens (primary N) is 1. The molecule has 0 aliphatic carbocycles. The molecule has 0 radical (unpaired) electrons. The molecule has 4 heteroatoms. The number of furan rings is 1. The van der Waals surface area contributed by atoms with E-state index < -0.39 is 0 Å². The Morgan fingerprint density at radius 1 is 1.35 bits per heavy atom. The van der Waals surface area contributed by atoms with Crippen LogP contribution in [0.25, 0.3) is 11.0 Å². The van der Waals surface area contributed by atoms with Crippen LogP contribution in [0.4, 0.5) is 5.69 Å². The summed E-state index contributed by atoms with van der Waals surface area (Å²) < 4.78 is 5.54. The minimum atomic E-state index is -0.184. The highest BCUT2D eigenvalue weighted by Gasteiger charge is 2.21. The van der Waals surface area contributed by atoms with Crippen molar-refractivity contribution in [3.05, 3.63) is 30.0 Å². The van der Waals surface area contributed by atoms with Gasteiger partial charge in [-0.1, -0.05) is 27.7 Å². The average Bonchev–Trinajstić information content (AvgIpc) is 2.77. The number of rotatable bonds is 3. The topological polar surface area (TPSA) is 68.3 Å². The van der Waals surface area contributed by atoms with E-state index in [9.17, 15) is 4.79 Å². The number of hydrogen-bond donors (Lipinski definition) is 2. The van der Waals surface area contributed by atoms with E-state index in [1.807, 2.05) is 0 Å². The number of benzene rings is 1. The zero-order chi connectivity index (χ0) is 14.9. The summed E-state index contributed by atoms with van der Waals surface area (Å²) in [6, 6.07) is 7.06. The molecule has 0 fully saturated rings. The van der Waals surface area contributed by atoms with E-state index in [2.05, 4.69) is 33.0 Å². The van der Waals surface area contributed by atoms with E-state index in [1.54, 1.807) is 24.3 Å². The van der Waals surface area contributed by atoms with E-state index >= 15 is 0 Å². The number of fused-ring (bicyclic) bond motifs is 1. The minimum absolute atomic E-state index is 0.162. The Kier molecular flexibility index (Phi) is 3.75. The number of anilines is 1. The van der Waals surface area contributed by atoms with Gasteiger partial charge in [0.1, 0.15) is 5.58 Å². The number of nitrogen functional groups attached to an aromatic ring is 1. The first-order chi connectivity index (χ1) is 9.27. The summed E-state index contributed by atoms with van der Waals surface area (Å²) in [5.41, 5.74) is 7.21. The summed E-state index contributed by atoms with van der Waals surface area (Å²) in [5, 5.41) is 3.76. The first kappa shape index (κ1) is 14.4. The van der Waals surface area contributed by atoms with E-state index in [1.165, 1.54) is 0 Å². The Bertz CT molecular complexity index is 623. The van der Waals surface area contributed by atoms with Gasteiger partial charge in [-0.15, -0.1) is 0 Å². The van der Waals surface area contributed by atoms with Crippen LogP contribution in [0.1, 0.15) is 38.2 Å². The van der Waals surface area contributed by atoms with Crippen LogP contribution in [0.5, 0.6) is 0 Å². The summed E-state index contributed by atoms with van der Waals surface area (Å²) in [7, 11) is 0. The second kappa shape index (κ2) is 5.19. The van der Waals surface area contributed by atoms with Crippen LogP contribution in [0, 0.1) is 11.3 Å². The van der Waals surface area contributed by atoms with E-state index in [4.69, 9.17) is 10.2 Å². The Morgan fingerprint density at radius 3 is 2.70 bits per heavy atom. The molecule has 2 aromatic rings. The van der Waals surface area contributed by atoms with Crippen molar-refractivity contribution in [1.82, 2.24) is 5.32 Å². The molecule has 1 unspecified atom stereocenters. The highest BCUT2D eigenvalue weighted by molar-refractivity contribution is 5.96. The third-order valence-electron chi connectivity index (χ3n) is 3.81. The molecule has 20 heavy (non-hydrogen) atoms. The molecule has 0 aliphatic heterocycles. The summed E-state index contributed by atoms with van der Waals surface area (Å²) in [6.45, 7) is 9.23. The molecule has 1 atom stereocenters. The third-order valence-corrected chi connectivity index (χ3v) is 3.81. The molecule has 3 N–H and O–H groups in total. The van der Waals surface area contributed by atoms with Crippen molar-refractivity contribution in [1.29, 1.82) is 0 Å². The summed E-state index contributed by atoms with van der Waals surface area (Å²) in [6.07, 6.45) is 0. The quantitative estimate of drug-likeness (QED) is 0.842. The summed E-state index contributed by atoms with van der Waals surface area (Å²) in [4.78, 5) is 12.1. The van der Waals surface area contributed by atoms with Crippen LogP contribution >= 0.6 is 0 Å². The maximum absolute atomic E-state index is 12.1. The minimum Gasteiger partial charge on any atom is -0.451 e. The molecule has 0 aliphatic rings. The molecule has 0 spiro atoms. The van der Waals surface area contributed by atoms with Crippen LogP contribution < -0.4 is 11.1 Å². The standard InChI is InChI=1S/C16H22N2O2/c1-10(16(2,3)4)9-18-15(19)14-8-11-7-12(17)5-6-13(11)20-14/h5-8,10H,9,17H2,1-4H3,(H,18,19). The summed E-state index contributed by atoms with van der Waals surface area (Å²) >= 11 is 0. The third kappa shape index (κ3) is 3.13. The first-order valence-corrected chi connectivity index (χ1v) is 6.84. The Hall–Kier alpha value is -1.97. The second-order valence-electron chi connectivity index (χ2n) is 6.39. The van der Waals surface area contributed by atoms with Gasteiger partial charge >= 0.3 is 0 Å². The van der Waals surface area contributed by atoms with Crippen molar-refractivity contribution in [3.8, 4) is 0 Å². The van der Waals surface area contributed by atoms with Crippen molar-refractivity contribution in [2.75, 3.05) is 12.3 Å². The molecular formula is C16H22N2O2. The van der Waals surface area contributed by atoms with Crippen LogP contribution in [-0.4, -0.2) is 12.5 Å². The lowest BCUT2D eigenvalue weighted by atomic mass is 9.82. The largest absolute Gasteiger partial charge is 0.451 e. The smallest absolute Gasteiger partial charge is 0.287 e. The van der Waals surface area contributed by atoms with Gasteiger partial charge < -0.3 is 15.5 Å². The Morgan fingerprint density at radius 2 is 2.05 bits per heavy atom. The monoisotopic (exact) mass is 274 g/mol. The van der Waals surface area contributed by atoms with Crippen LogP contribution in [-0.2, 0) is 0 Å². The van der Waals surface area contributed by atoms with Gasteiger partial charge in [0.2, 0.25) is 0 Å². The van der Waals surface area contributed by atoms with Gasteiger partial charge in [-0.25, -0.2) is 0 Å². The molecule has 0 saturated carbocycles. The molecule has 1 heterocycles. The fourth-order valence-electron chi connectivity index (χ4n) is 1.81. The number of hydrogen-bond acceptors (Lipinski definition) is 3. The molecule has 2 rings (SSSR count). The maximum atomic E-state index is 12.1. The van der Waals surface area contributed by atoms with Crippen molar-refractivity contribution in [3.63, 3.8) is 0 Å². The average molecular weight is 274 g/mol. The fourth-order valence-corrected chi connectivity index (χ4v) is 1.81. The van der Waals surface area contributed by atoms with Gasteiger partial charge in [0.15, 0.2) is 5.76 Å². The highest BCUT2D eigenvalue weighted by atomic mass is 16.3. The van der Waals surface area contributed by atoms with Gasteiger partial charge in [0.05, 0.1) is 0 Å². The lowest BCUT2D eigenvalue weighted by Crippen LogP contribution is -2.33. The van der Waals surface area contributed by atoms with Crippen molar-refractivity contribution >= 4 is 22.6 Å². The van der Waals surface area contributed by atoms with Crippen molar-refractivity contribution in [2.24, 2.45) is 11.3 Å². The van der Waals surface area contributed by atoms with Crippen molar-refractivity contribution < 1.29 is 9.21 Å².